The lowest BCUT2D eigenvalue weighted by Crippen LogP contribution is -2.52. The van der Waals surface area contributed by atoms with E-state index >= 15 is 0 Å². The molecule has 9 nitrogen and oxygen atoms in total. The number of amides is 2. The molecule has 150 valence electrons. The van der Waals surface area contributed by atoms with Crippen LogP contribution in [-0.4, -0.2) is 70.5 Å². The van der Waals surface area contributed by atoms with E-state index < -0.39 is 36.7 Å². The number of aliphatic hydroxyl groups excluding tert-OH is 1. The number of aliphatic hydroxyl groups is 1. The highest BCUT2D eigenvalue weighted by Crippen LogP contribution is 2.13. The van der Waals surface area contributed by atoms with Gasteiger partial charge in [-0.2, -0.15) is 0 Å². The SMILES string of the molecule is COc1ccc(C[C@H](NC(=O)N(CC(C)C)CC(O)C(=O)O)C(=O)O)cc1. The minimum atomic E-state index is -1.75. The molecule has 0 radical (unpaired) electrons. The Bertz CT molecular complexity index is 646. The first-order chi connectivity index (χ1) is 12.6. The molecule has 2 amide bonds. The molecular formula is C18H26N2O7. The van der Waals surface area contributed by atoms with E-state index in [9.17, 15) is 24.6 Å². The molecule has 0 aliphatic carbocycles. The summed E-state index contributed by atoms with van der Waals surface area (Å²) in [6.45, 7) is 3.37. The fraction of sp³-hybridized carbons (Fsp3) is 0.500. The molecule has 9 heteroatoms. The van der Waals surface area contributed by atoms with Gasteiger partial charge in [0.1, 0.15) is 11.8 Å². The van der Waals surface area contributed by atoms with Gasteiger partial charge in [0, 0.05) is 13.0 Å². The summed E-state index contributed by atoms with van der Waals surface area (Å²) in [4.78, 5) is 36.0. The second-order valence-corrected chi connectivity index (χ2v) is 6.55. The third-order valence-corrected chi connectivity index (χ3v) is 3.75. The summed E-state index contributed by atoms with van der Waals surface area (Å²) >= 11 is 0. The number of carboxylic acids is 2. The Balaban J connectivity index is 2.85. The third kappa shape index (κ3) is 7.53. The Labute approximate surface area is 157 Å². The van der Waals surface area contributed by atoms with E-state index in [1.165, 1.54) is 7.11 Å². The van der Waals surface area contributed by atoms with Crippen LogP contribution in [-0.2, 0) is 16.0 Å². The zero-order chi connectivity index (χ0) is 20.6. The van der Waals surface area contributed by atoms with Crippen molar-refractivity contribution in [3.8, 4) is 5.75 Å². The lowest BCUT2D eigenvalue weighted by Gasteiger charge is -2.27. The Kier molecular flexibility index (Phi) is 8.53. The van der Waals surface area contributed by atoms with Crippen molar-refractivity contribution in [2.75, 3.05) is 20.2 Å². The molecule has 0 heterocycles. The largest absolute Gasteiger partial charge is 0.497 e. The number of urea groups is 1. The first-order valence-electron chi connectivity index (χ1n) is 8.46. The molecule has 4 N–H and O–H groups in total. The zero-order valence-electron chi connectivity index (χ0n) is 15.6. The highest BCUT2D eigenvalue weighted by Gasteiger charge is 2.27. The number of nitrogens with one attached hydrogen (secondary N) is 1. The number of carbonyl (C=O) groups excluding carboxylic acids is 1. The Morgan fingerprint density at radius 1 is 1.07 bits per heavy atom. The van der Waals surface area contributed by atoms with Crippen molar-refractivity contribution in [1.29, 1.82) is 0 Å². The zero-order valence-corrected chi connectivity index (χ0v) is 15.6. The number of nitrogens with zero attached hydrogens (tertiary/aromatic N) is 1. The van der Waals surface area contributed by atoms with Gasteiger partial charge in [0.25, 0.3) is 0 Å². The minimum Gasteiger partial charge on any atom is -0.497 e. The van der Waals surface area contributed by atoms with Crippen molar-refractivity contribution in [1.82, 2.24) is 10.2 Å². The predicted octanol–water partition coefficient (Wildman–Crippen LogP) is 0.804. The summed E-state index contributed by atoms with van der Waals surface area (Å²) in [5.74, 6) is -2.05. The van der Waals surface area contributed by atoms with Crippen molar-refractivity contribution < 1.29 is 34.4 Å². The van der Waals surface area contributed by atoms with Crippen LogP contribution in [0.1, 0.15) is 19.4 Å². The first kappa shape index (κ1) is 22.2. The predicted molar refractivity (Wildman–Crippen MR) is 96.7 cm³/mol. The van der Waals surface area contributed by atoms with Crippen LogP contribution < -0.4 is 10.1 Å². The normalized spacial score (nSPS) is 12.9. The van der Waals surface area contributed by atoms with Crippen LogP contribution in [0.15, 0.2) is 24.3 Å². The maximum absolute atomic E-state index is 12.5. The van der Waals surface area contributed by atoms with Crippen LogP contribution in [0.2, 0.25) is 0 Å². The number of rotatable bonds is 10. The van der Waals surface area contributed by atoms with Gasteiger partial charge in [0.2, 0.25) is 0 Å². The van der Waals surface area contributed by atoms with E-state index in [2.05, 4.69) is 5.32 Å². The van der Waals surface area contributed by atoms with E-state index in [0.717, 1.165) is 4.90 Å². The lowest BCUT2D eigenvalue weighted by molar-refractivity contribution is -0.147. The number of aliphatic carboxylic acids is 2. The molecular weight excluding hydrogens is 356 g/mol. The molecule has 0 fully saturated rings. The molecule has 0 bridgehead atoms. The number of hydrogen-bond acceptors (Lipinski definition) is 5. The van der Waals surface area contributed by atoms with Crippen LogP contribution in [0.5, 0.6) is 5.75 Å². The molecule has 27 heavy (non-hydrogen) atoms. The summed E-state index contributed by atoms with van der Waals surface area (Å²) in [7, 11) is 1.52. The molecule has 1 unspecified atom stereocenters. The number of ether oxygens (including phenoxy) is 1. The molecule has 0 spiro atoms. The van der Waals surface area contributed by atoms with Crippen molar-refractivity contribution in [3.63, 3.8) is 0 Å². The quantitative estimate of drug-likeness (QED) is 0.470. The van der Waals surface area contributed by atoms with E-state index in [4.69, 9.17) is 9.84 Å². The Morgan fingerprint density at radius 3 is 2.11 bits per heavy atom. The molecule has 1 rings (SSSR count). The van der Waals surface area contributed by atoms with Crippen LogP contribution in [0.25, 0.3) is 0 Å². The maximum atomic E-state index is 12.5. The van der Waals surface area contributed by atoms with Gasteiger partial charge in [-0.25, -0.2) is 14.4 Å². The number of methoxy groups -OCH3 is 1. The van der Waals surface area contributed by atoms with Gasteiger partial charge >= 0.3 is 18.0 Å². The van der Waals surface area contributed by atoms with Gasteiger partial charge in [0.05, 0.1) is 13.7 Å². The number of hydrogen-bond donors (Lipinski definition) is 4. The lowest BCUT2D eigenvalue weighted by atomic mass is 10.1. The van der Waals surface area contributed by atoms with Crippen molar-refractivity contribution >= 4 is 18.0 Å². The average molecular weight is 382 g/mol. The van der Waals surface area contributed by atoms with Crippen molar-refractivity contribution in [3.05, 3.63) is 29.8 Å². The van der Waals surface area contributed by atoms with Crippen LogP contribution in [0.3, 0.4) is 0 Å². The molecule has 2 atom stereocenters. The third-order valence-electron chi connectivity index (χ3n) is 3.75. The van der Waals surface area contributed by atoms with Gasteiger partial charge in [-0.05, 0) is 23.6 Å². The second kappa shape index (κ2) is 10.4. The monoisotopic (exact) mass is 382 g/mol. The Hall–Kier alpha value is -2.81. The number of carboxylic acid groups (broad SMARTS) is 2. The van der Waals surface area contributed by atoms with E-state index in [-0.39, 0.29) is 18.9 Å². The van der Waals surface area contributed by atoms with Gasteiger partial charge in [-0.15, -0.1) is 0 Å². The number of benzene rings is 1. The molecule has 0 saturated heterocycles. The number of carbonyl (C=O) groups is 3. The summed E-state index contributed by atoms with van der Waals surface area (Å²) in [6, 6.07) is 4.81. The van der Waals surface area contributed by atoms with Gasteiger partial charge in [0.15, 0.2) is 6.10 Å². The van der Waals surface area contributed by atoms with E-state index in [1.54, 1.807) is 24.3 Å². The topological polar surface area (TPSA) is 136 Å². The molecule has 0 aliphatic rings. The summed E-state index contributed by atoms with van der Waals surface area (Å²) in [6.07, 6.45) is -1.71. The Morgan fingerprint density at radius 2 is 1.67 bits per heavy atom. The summed E-state index contributed by atoms with van der Waals surface area (Å²) in [5, 5.41) is 30.2. The summed E-state index contributed by atoms with van der Waals surface area (Å²) in [5.41, 5.74) is 0.685. The minimum absolute atomic E-state index is 0.00149. The standard InChI is InChI=1S/C18H26N2O7/c1-11(2)9-20(10-15(21)17(24)25)18(26)19-14(16(22)23)8-12-4-6-13(27-3)7-5-12/h4-7,11,14-15,21H,8-10H2,1-3H3,(H,19,26)(H,22,23)(H,24,25)/t14-,15?/m0/s1. The van der Waals surface area contributed by atoms with Crippen LogP contribution in [0, 0.1) is 5.92 Å². The van der Waals surface area contributed by atoms with Crippen molar-refractivity contribution in [2.45, 2.75) is 32.4 Å². The molecule has 1 aromatic carbocycles. The van der Waals surface area contributed by atoms with Crippen LogP contribution >= 0.6 is 0 Å². The first-order valence-corrected chi connectivity index (χ1v) is 8.46. The van der Waals surface area contributed by atoms with Gasteiger partial charge < -0.3 is 30.3 Å². The summed E-state index contributed by atoms with van der Waals surface area (Å²) < 4.78 is 5.05. The fourth-order valence-corrected chi connectivity index (χ4v) is 2.41. The molecule has 0 saturated carbocycles. The molecule has 0 aliphatic heterocycles. The smallest absolute Gasteiger partial charge is 0.334 e. The van der Waals surface area contributed by atoms with Gasteiger partial charge in [-0.1, -0.05) is 26.0 Å². The second-order valence-electron chi connectivity index (χ2n) is 6.55. The van der Waals surface area contributed by atoms with E-state index in [0.29, 0.717) is 11.3 Å². The highest BCUT2D eigenvalue weighted by atomic mass is 16.5. The molecule has 0 aromatic heterocycles. The average Bonchev–Trinajstić information content (AvgIpc) is 2.60. The molecule has 1 aromatic rings. The van der Waals surface area contributed by atoms with E-state index in [1.807, 2.05) is 13.8 Å². The van der Waals surface area contributed by atoms with Crippen LogP contribution in [0.4, 0.5) is 4.79 Å². The fourth-order valence-electron chi connectivity index (χ4n) is 2.41. The van der Waals surface area contributed by atoms with Gasteiger partial charge in [-0.3, -0.25) is 0 Å². The maximum Gasteiger partial charge on any atom is 0.334 e. The highest BCUT2D eigenvalue weighted by molar-refractivity contribution is 5.83. The van der Waals surface area contributed by atoms with Crippen molar-refractivity contribution in [2.24, 2.45) is 5.92 Å².